The van der Waals surface area contributed by atoms with Crippen LogP contribution < -0.4 is 4.90 Å². The molecule has 0 atom stereocenters. The van der Waals surface area contributed by atoms with Crippen molar-refractivity contribution in [3.8, 4) is 5.69 Å². The normalized spacial score (nSPS) is 13.9. The molecule has 1 amide bonds. The van der Waals surface area contributed by atoms with Gasteiger partial charge in [0.05, 0.1) is 16.8 Å². The van der Waals surface area contributed by atoms with Crippen molar-refractivity contribution < 1.29 is 4.79 Å². The molecule has 7 nitrogen and oxygen atoms in total. The molecule has 7 heteroatoms. The van der Waals surface area contributed by atoms with Crippen LogP contribution in [0, 0.1) is 13.8 Å². The fraction of sp³-hybridized carbons (Fsp3) is 0.222. The number of nitrogens with zero attached hydrogens (tertiary/aromatic N) is 6. The van der Waals surface area contributed by atoms with Crippen molar-refractivity contribution in [2.75, 3.05) is 31.1 Å². The second-order valence-electron chi connectivity index (χ2n) is 11.3. The zero-order valence-electron chi connectivity index (χ0n) is 24.6. The van der Waals surface area contributed by atoms with E-state index in [-0.39, 0.29) is 5.91 Å². The van der Waals surface area contributed by atoms with Crippen LogP contribution in [0.4, 0.5) is 5.82 Å². The first-order valence-corrected chi connectivity index (χ1v) is 14.9. The largest absolute Gasteiger partial charge is 0.354 e. The lowest BCUT2D eigenvalue weighted by atomic mass is 10.0. The molecule has 3 heterocycles. The van der Waals surface area contributed by atoms with E-state index in [0.29, 0.717) is 26.1 Å². The lowest BCUT2D eigenvalue weighted by Gasteiger charge is -2.24. The summed E-state index contributed by atoms with van der Waals surface area (Å²) < 4.78 is 1.93. The smallest absolute Gasteiger partial charge is 0.254 e. The summed E-state index contributed by atoms with van der Waals surface area (Å²) >= 11 is 0. The van der Waals surface area contributed by atoms with Gasteiger partial charge in [-0.15, -0.1) is 0 Å². The molecule has 6 aromatic rings. The number of rotatable bonds is 5. The Balaban J connectivity index is 1.25. The number of hydrogen-bond acceptors (Lipinski definition) is 5. The maximum Gasteiger partial charge on any atom is 0.254 e. The van der Waals surface area contributed by atoms with Gasteiger partial charge in [0.15, 0.2) is 5.65 Å². The monoisotopic (exact) mass is 566 g/mol. The Morgan fingerprint density at radius 2 is 1.53 bits per heavy atom. The molecule has 214 valence electrons. The van der Waals surface area contributed by atoms with E-state index in [1.807, 2.05) is 65.0 Å². The van der Waals surface area contributed by atoms with Crippen molar-refractivity contribution in [3.05, 3.63) is 125 Å². The molecule has 0 unspecified atom stereocenters. The van der Waals surface area contributed by atoms with E-state index in [1.54, 1.807) is 0 Å². The number of carbonyl (C=O) groups is 1. The highest BCUT2D eigenvalue weighted by Gasteiger charge is 2.26. The maximum atomic E-state index is 13.8. The van der Waals surface area contributed by atoms with Gasteiger partial charge in [0.25, 0.3) is 5.91 Å². The topological polar surface area (TPSA) is 67.2 Å². The summed E-state index contributed by atoms with van der Waals surface area (Å²) in [7, 11) is 0. The van der Waals surface area contributed by atoms with Crippen molar-refractivity contribution in [1.82, 2.24) is 24.6 Å². The molecule has 2 aromatic heterocycles. The molecule has 4 aromatic carbocycles. The highest BCUT2D eigenvalue weighted by molar-refractivity contribution is 6.07. The van der Waals surface area contributed by atoms with Crippen LogP contribution in [0.5, 0.6) is 0 Å². The lowest BCUT2D eigenvalue weighted by molar-refractivity contribution is 0.0769. The average molecular weight is 567 g/mol. The molecule has 0 radical (unpaired) electrons. The first kappa shape index (κ1) is 26.8. The molecule has 0 spiro atoms. The van der Waals surface area contributed by atoms with E-state index in [9.17, 15) is 4.79 Å². The third kappa shape index (κ3) is 5.23. The van der Waals surface area contributed by atoms with Crippen LogP contribution in [0.1, 0.15) is 39.4 Å². The van der Waals surface area contributed by atoms with E-state index in [0.717, 1.165) is 63.4 Å². The number of para-hydroxylation sites is 1. The van der Waals surface area contributed by atoms with Gasteiger partial charge in [-0.3, -0.25) is 4.79 Å². The second-order valence-corrected chi connectivity index (χ2v) is 11.3. The molecule has 0 saturated carbocycles. The van der Waals surface area contributed by atoms with E-state index in [4.69, 9.17) is 15.1 Å². The van der Waals surface area contributed by atoms with E-state index in [2.05, 4.69) is 60.4 Å². The lowest BCUT2D eigenvalue weighted by Crippen LogP contribution is -2.35. The fourth-order valence-electron chi connectivity index (χ4n) is 6.07. The third-order valence-electron chi connectivity index (χ3n) is 8.32. The fourth-order valence-corrected chi connectivity index (χ4v) is 6.07. The molecule has 0 bridgehead atoms. The number of benzene rings is 4. The van der Waals surface area contributed by atoms with Gasteiger partial charge in [-0.2, -0.15) is 5.10 Å². The summed E-state index contributed by atoms with van der Waals surface area (Å²) in [6.07, 6.45) is 1.48. The molecular weight excluding hydrogens is 532 g/mol. The van der Waals surface area contributed by atoms with Crippen molar-refractivity contribution in [1.29, 1.82) is 0 Å². The second kappa shape index (κ2) is 11.3. The summed E-state index contributed by atoms with van der Waals surface area (Å²) in [6.45, 7) is 6.92. The molecule has 7 rings (SSSR count). The first-order chi connectivity index (χ1) is 21.0. The number of aromatic nitrogens is 4. The van der Waals surface area contributed by atoms with Crippen LogP contribution in [-0.2, 0) is 6.42 Å². The van der Waals surface area contributed by atoms with E-state index >= 15 is 0 Å². The number of carbonyl (C=O) groups excluding carboxylic acids is 1. The summed E-state index contributed by atoms with van der Waals surface area (Å²) in [4.78, 5) is 28.4. The van der Waals surface area contributed by atoms with Crippen molar-refractivity contribution in [3.63, 3.8) is 0 Å². The Morgan fingerprint density at radius 3 is 2.37 bits per heavy atom. The average Bonchev–Trinajstić information content (AvgIpc) is 3.20. The Kier molecular flexibility index (Phi) is 7.07. The molecule has 1 aliphatic heterocycles. The van der Waals surface area contributed by atoms with Gasteiger partial charge in [0.2, 0.25) is 0 Å². The summed E-state index contributed by atoms with van der Waals surface area (Å²) in [6, 6.07) is 32.8. The van der Waals surface area contributed by atoms with Gasteiger partial charge >= 0.3 is 0 Å². The van der Waals surface area contributed by atoms with Crippen LogP contribution >= 0.6 is 0 Å². The Bertz CT molecular complexity index is 1920. The van der Waals surface area contributed by atoms with Gasteiger partial charge in [0.1, 0.15) is 11.6 Å². The maximum absolute atomic E-state index is 13.8. The van der Waals surface area contributed by atoms with Crippen molar-refractivity contribution >= 4 is 33.5 Å². The third-order valence-corrected chi connectivity index (χ3v) is 8.32. The van der Waals surface area contributed by atoms with Gasteiger partial charge in [-0.1, -0.05) is 84.4 Å². The zero-order valence-corrected chi connectivity index (χ0v) is 24.6. The minimum Gasteiger partial charge on any atom is -0.354 e. The Labute approximate surface area is 251 Å². The molecule has 0 N–H and O–H groups in total. The Morgan fingerprint density at radius 1 is 0.767 bits per heavy atom. The van der Waals surface area contributed by atoms with Gasteiger partial charge < -0.3 is 9.80 Å². The number of fused-ring (bicyclic) bond motifs is 2. The van der Waals surface area contributed by atoms with E-state index < -0.39 is 0 Å². The molecule has 0 aliphatic carbocycles. The number of anilines is 1. The highest BCUT2D eigenvalue weighted by atomic mass is 16.2. The summed E-state index contributed by atoms with van der Waals surface area (Å²) in [5.74, 6) is 1.74. The summed E-state index contributed by atoms with van der Waals surface area (Å²) in [5.41, 5.74) is 5.82. The van der Waals surface area contributed by atoms with Crippen LogP contribution in [0.3, 0.4) is 0 Å². The van der Waals surface area contributed by atoms with E-state index in [1.165, 1.54) is 11.1 Å². The van der Waals surface area contributed by atoms with Gasteiger partial charge in [-0.25, -0.2) is 14.6 Å². The van der Waals surface area contributed by atoms with Crippen LogP contribution in [-0.4, -0.2) is 56.7 Å². The van der Waals surface area contributed by atoms with Gasteiger partial charge in [-0.05, 0) is 54.8 Å². The van der Waals surface area contributed by atoms with Crippen molar-refractivity contribution in [2.24, 2.45) is 0 Å². The Hall–Kier alpha value is -5.04. The standard InChI is InChI=1S/C36H34N6O/c1-25-16-18-27(19-17-25)24-32-37-34(33-26(2)39-42(35(33)38-32)29-12-4-3-5-13-29)40-20-9-21-41(23-22-40)36(43)31-15-8-11-28-10-6-7-14-30(28)31/h3-8,10-19H,9,20-24H2,1-2H3. The molecule has 1 saturated heterocycles. The van der Waals surface area contributed by atoms with Gasteiger partial charge in [0, 0.05) is 38.2 Å². The van der Waals surface area contributed by atoms with Crippen LogP contribution in [0.2, 0.25) is 0 Å². The first-order valence-electron chi connectivity index (χ1n) is 14.9. The molecule has 1 aliphatic rings. The summed E-state index contributed by atoms with van der Waals surface area (Å²) in [5, 5.41) is 7.98. The number of aryl methyl sites for hydroxylation is 2. The molecule has 43 heavy (non-hydrogen) atoms. The molecule has 1 fully saturated rings. The molecular formula is C36H34N6O. The predicted molar refractivity (Wildman–Crippen MR) is 172 cm³/mol. The number of hydrogen-bond donors (Lipinski definition) is 0. The van der Waals surface area contributed by atoms with Crippen LogP contribution in [0.15, 0.2) is 97.1 Å². The van der Waals surface area contributed by atoms with Crippen LogP contribution in [0.25, 0.3) is 27.5 Å². The minimum absolute atomic E-state index is 0.0830. The quantitative estimate of drug-likeness (QED) is 0.237. The highest BCUT2D eigenvalue weighted by Crippen LogP contribution is 2.31. The SMILES string of the molecule is Cc1ccc(Cc2nc(N3CCCN(C(=O)c4cccc5ccccc45)CC3)c3c(C)nn(-c4ccccc4)c3n2)cc1. The van der Waals surface area contributed by atoms with Crippen molar-refractivity contribution in [2.45, 2.75) is 26.7 Å². The predicted octanol–water partition coefficient (Wildman–Crippen LogP) is 6.53. The number of amides is 1. The minimum atomic E-state index is 0.0830. The zero-order chi connectivity index (χ0) is 29.3.